The number of nitrogens with zero attached hydrogens (tertiary/aromatic N) is 2. The van der Waals surface area contributed by atoms with Gasteiger partial charge in [-0.2, -0.15) is 5.10 Å². The van der Waals surface area contributed by atoms with Crippen molar-refractivity contribution in [3.05, 3.63) is 29.8 Å². The second kappa shape index (κ2) is 10.3. The summed E-state index contributed by atoms with van der Waals surface area (Å²) in [6.45, 7) is 5.58. The van der Waals surface area contributed by atoms with Gasteiger partial charge < -0.3 is 15.0 Å². The molecule has 2 N–H and O–H groups in total. The minimum absolute atomic E-state index is 0.507. The minimum atomic E-state index is 0.507. The van der Waals surface area contributed by atoms with E-state index in [4.69, 9.17) is 17.0 Å². The first-order valence-electron chi connectivity index (χ1n) is 8.63. The molecular weight excluding hydrogens is 320 g/mol. The zero-order chi connectivity index (χ0) is 17.2. The number of anilines is 1. The van der Waals surface area contributed by atoms with E-state index >= 15 is 0 Å². The molecular formula is C18H28N4OS. The van der Waals surface area contributed by atoms with Crippen LogP contribution >= 0.6 is 12.2 Å². The van der Waals surface area contributed by atoms with Gasteiger partial charge in [0.05, 0.1) is 12.3 Å². The van der Waals surface area contributed by atoms with E-state index in [-0.39, 0.29) is 0 Å². The van der Waals surface area contributed by atoms with Crippen molar-refractivity contribution in [3.63, 3.8) is 0 Å². The highest BCUT2D eigenvalue weighted by molar-refractivity contribution is 7.80. The smallest absolute Gasteiger partial charge is 0.187 e. The molecule has 0 spiro atoms. The van der Waals surface area contributed by atoms with Gasteiger partial charge in [0, 0.05) is 32.4 Å². The van der Waals surface area contributed by atoms with Crippen molar-refractivity contribution < 1.29 is 4.74 Å². The van der Waals surface area contributed by atoms with Gasteiger partial charge in [-0.05, 0) is 49.7 Å². The molecule has 1 aliphatic rings. The van der Waals surface area contributed by atoms with Crippen LogP contribution in [0.2, 0.25) is 0 Å². The van der Waals surface area contributed by atoms with Crippen molar-refractivity contribution in [2.75, 3.05) is 38.3 Å². The quantitative estimate of drug-likeness (QED) is 0.358. The average Bonchev–Trinajstić information content (AvgIpc) is 2.89. The number of methoxy groups -OCH3 is 1. The van der Waals surface area contributed by atoms with E-state index in [1.54, 1.807) is 7.11 Å². The maximum atomic E-state index is 5.16. The molecule has 0 radical (unpaired) electrons. The number of hydrogen-bond acceptors (Lipinski definition) is 4. The third-order valence-electron chi connectivity index (χ3n) is 4.17. The van der Waals surface area contributed by atoms with Crippen molar-refractivity contribution in [2.24, 2.45) is 5.10 Å². The fourth-order valence-corrected chi connectivity index (χ4v) is 2.90. The normalized spacial score (nSPS) is 15.8. The Morgan fingerprint density at radius 3 is 2.46 bits per heavy atom. The van der Waals surface area contributed by atoms with Crippen LogP contribution in [0.15, 0.2) is 29.4 Å². The van der Waals surface area contributed by atoms with Crippen molar-refractivity contribution >= 4 is 28.7 Å². The molecule has 1 aromatic rings. The van der Waals surface area contributed by atoms with Crippen LogP contribution in [-0.4, -0.2) is 44.2 Å². The lowest BCUT2D eigenvalue weighted by Gasteiger charge is -2.22. The molecule has 0 bridgehead atoms. The number of nitrogens with one attached hydrogen (secondary N) is 2. The minimum Gasteiger partial charge on any atom is -0.383 e. The van der Waals surface area contributed by atoms with Gasteiger partial charge in [0.2, 0.25) is 0 Å². The molecule has 0 saturated carbocycles. The molecule has 1 aromatic carbocycles. The fourth-order valence-electron chi connectivity index (χ4n) is 2.75. The van der Waals surface area contributed by atoms with Crippen LogP contribution in [0.1, 0.15) is 38.2 Å². The van der Waals surface area contributed by atoms with Gasteiger partial charge in [-0.15, -0.1) is 0 Å². The summed E-state index contributed by atoms with van der Waals surface area (Å²) in [4.78, 5) is 2.48. The zero-order valence-electron chi connectivity index (χ0n) is 14.7. The summed E-state index contributed by atoms with van der Waals surface area (Å²) in [6, 6.07) is 8.63. The van der Waals surface area contributed by atoms with E-state index in [1.807, 2.05) is 6.92 Å². The second-order valence-corrected chi connectivity index (χ2v) is 6.41. The topological polar surface area (TPSA) is 48.9 Å². The molecule has 1 heterocycles. The molecule has 1 aliphatic heterocycles. The van der Waals surface area contributed by atoms with Gasteiger partial charge in [0.15, 0.2) is 5.11 Å². The molecule has 2 rings (SSSR count). The van der Waals surface area contributed by atoms with E-state index in [2.05, 4.69) is 45.0 Å². The number of hydrogen-bond donors (Lipinski definition) is 2. The van der Waals surface area contributed by atoms with Gasteiger partial charge in [0.25, 0.3) is 0 Å². The summed E-state index contributed by atoms with van der Waals surface area (Å²) in [6.07, 6.45) is 5.29. The molecule has 0 aliphatic carbocycles. The molecule has 132 valence electrons. The number of ether oxygens (including phenoxy) is 1. The summed E-state index contributed by atoms with van der Waals surface area (Å²) >= 11 is 5.16. The third kappa shape index (κ3) is 6.09. The van der Waals surface area contributed by atoms with Crippen LogP contribution in [0.3, 0.4) is 0 Å². The highest BCUT2D eigenvalue weighted by atomic mass is 32.1. The molecule has 0 unspecified atom stereocenters. The fraction of sp³-hybridized carbons (Fsp3) is 0.556. The molecule has 0 atom stereocenters. The van der Waals surface area contributed by atoms with E-state index in [9.17, 15) is 0 Å². The van der Waals surface area contributed by atoms with Crippen LogP contribution in [0, 0.1) is 0 Å². The number of thiocarbonyl (C=S) groups is 1. The largest absolute Gasteiger partial charge is 0.383 e. The first-order valence-corrected chi connectivity index (χ1v) is 9.04. The average molecular weight is 349 g/mol. The van der Waals surface area contributed by atoms with Crippen LogP contribution in [0.4, 0.5) is 5.69 Å². The lowest BCUT2D eigenvalue weighted by Crippen LogP contribution is -2.34. The highest BCUT2D eigenvalue weighted by Gasteiger charge is 2.10. The SMILES string of the molecule is COCCNC(=S)NN=C(C)c1ccc(N2CCCCCC2)cc1. The van der Waals surface area contributed by atoms with Crippen molar-refractivity contribution in [3.8, 4) is 0 Å². The third-order valence-corrected chi connectivity index (χ3v) is 4.41. The maximum absolute atomic E-state index is 5.16. The van der Waals surface area contributed by atoms with E-state index in [0.29, 0.717) is 18.3 Å². The van der Waals surface area contributed by atoms with E-state index in [1.165, 1.54) is 31.4 Å². The standard InChI is InChI=1S/C18H28N4OS/c1-15(20-21-18(24)19-11-14-23-2)16-7-9-17(10-8-16)22-12-5-3-4-6-13-22/h7-10H,3-6,11-14H2,1-2H3,(H2,19,21,24). The Morgan fingerprint density at radius 2 is 1.83 bits per heavy atom. The number of benzene rings is 1. The summed E-state index contributed by atoms with van der Waals surface area (Å²) in [5.41, 5.74) is 6.18. The van der Waals surface area contributed by atoms with E-state index in [0.717, 1.165) is 24.4 Å². The van der Waals surface area contributed by atoms with Crippen LogP contribution in [0.5, 0.6) is 0 Å². The van der Waals surface area contributed by atoms with Crippen molar-refractivity contribution in [1.82, 2.24) is 10.7 Å². The molecule has 5 nitrogen and oxygen atoms in total. The molecule has 0 aromatic heterocycles. The lowest BCUT2D eigenvalue weighted by molar-refractivity contribution is 0.204. The Kier molecular flexibility index (Phi) is 7.98. The molecule has 1 saturated heterocycles. The first kappa shape index (κ1) is 18.7. The Morgan fingerprint density at radius 1 is 1.17 bits per heavy atom. The van der Waals surface area contributed by atoms with Gasteiger partial charge in [-0.1, -0.05) is 25.0 Å². The van der Waals surface area contributed by atoms with Crippen molar-refractivity contribution in [1.29, 1.82) is 0 Å². The zero-order valence-corrected chi connectivity index (χ0v) is 15.5. The molecule has 0 amide bonds. The molecule has 24 heavy (non-hydrogen) atoms. The highest BCUT2D eigenvalue weighted by Crippen LogP contribution is 2.20. The Balaban J connectivity index is 1.89. The summed E-state index contributed by atoms with van der Waals surface area (Å²) in [5, 5.41) is 7.88. The van der Waals surface area contributed by atoms with Gasteiger partial charge >= 0.3 is 0 Å². The summed E-state index contributed by atoms with van der Waals surface area (Å²) in [5.74, 6) is 0. The van der Waals surface area contributed by atoms with Crippen LogP contribution < -0.4 is 15.6 Å². The second-order valence-electron chi connectivity index (χ2n) is 6.01. The summed E-state index contributed by atoms with van der Waals surface area (Å²) in [7, 11) is 1.66. The predicted octanol–water partition coefficient (Wildman–Crippen LogP) is 2.90. The van der Waals surface area contributed by atoms with Crippen LogP contribution in [0.25, 0.3) is 0 Å². The molecule has 1 fully saturated rings. The number of rotatable bonds is 6. The van der Waals surface area contributed by atoms with Gasteiger partial charge in [-0.25, -0.2) is 0 Å². The Labute approximate surface area is 150 Å². The lowest BCUT2D eigenvalue weighted by atomic mass is 10.1. The van der Waals surface area contributed by atoms with Gasteiger partial charge in [0.1, 0.15) is 0 Å². The van der Waals surface area contributed by atoms with Crippen LogP contribution in [-0.2, 0) is 4.74 Å². The van der Waals surface area contributed by atoms with Crippen molar-refractivity contribution in [2.45, 2.75) is 32.6 Å². The number of hydrazone groups is 1. The Hall–Kier alpha value is -1.66. The Bertz CT molecular complexity index is 536. The first-order chi connectivity index (χ1) is 11.7. The molecule has 6 heteroatoms. The maximum Gasteiger partial charge on any atom is 0.187 e. The summed E-state index contributed by atoms with van der Waals surface area (Å²) < 4.78 is 4.97. The van der Waals surface area contributed by atoms with E-state index < -0.39 is 0 Å². The monoisotopic (exact) mass is 348 g/mol. The predicted molar refractivity (Wildman–Crippen MR) is 105 cm³/mol. The van der Waals surface area contributed by atoms with Gasteiger partial charge in [-0.3, -0.25) is 5.43 Å².